The summed E-state index contributed by atoms with van der Waals surface area (Å²) in [5, 5.41) is 21.0. The lowest BCUT2D eigenvalue weighted by molar-refractivity contribution is -0.394. The van der Waals surface area contributed by atoms with Crippen LogP contribution in [-0.4, -0.2) is 31.9 Å². The van der Waals surface area contributed by atoms with Gasteiger partial charge >= 0.3 is 11.9 Å². The van der Waals surface area contributed by atoms with Crippen molar-refractivity contribution in [3.8, 4) is 0 Å². The molecule has 1 saturated carbocycles. The average Bonchev–Trinajstić information content (AvgIpc) is 2.83. The van der Waals surface area contributed by atoms with Crippen molar-refractivity contribution in [2.24, 2.45) is 5.10 Å². The number of anilines is 1. The minimum Gasteiger partial charge on any atom is -0.390 e. The lowest BCUT2D eigenvalue weighted by Crippen LogP contribution is -2.35. The molecule has 0 N–H and O–H groups in total. The molecule has 2 heterocycles. The fourth-order valence-corrected chi connectivity index (χ4v) is 2.54. The van der Waals surface area contributed by atoms with Crippen LogP contribution in [0.3, 0.4) is 0 Å². The molecular formula is C10H14N6O2. The van der Waals surface area contributed by atoms with Gasteiger partial charge < -0.3 is 10.1 Å². The molecule has 2 aliphatic rings. The van der Waals surface area contributed by atoms with Crippen LogP contribution in [-0.2, 0) is 0 Å². The molecule has 0 amide bonds. The SMILES string of the molecule is CCN1N=C2CCCC[C@@H]2n2nc([N+](=O)[O-])nc21. The first-order chi connectivity index (χ1) is 8.70. The Hall–Kier alpha value is -1.99. The topological polar surface area (TPSA) is 89.5 Å². The summed E-state index contributed by atoms with van der Waals surface area (Å²) in [6, 6.07) is 0.0535. The Bertz CT molecular complexity index is 522. The molecule has 0 spiro atoms. The summed E-state index contributed by atoms with van der Waals surface area (Å²) in [5.74, 6) is 0.144. The molecule has 1 aromatic heterocycles. The summed E-state index contributed by atoms with van der Waals surface area (Å²) in [7, 11) is 0. The van der Waals surface area contributed by atoms with E-state index in [-0.39, 0.29) is 12.0 Å². The van der Waals surface area contributed by atoms with E-state index in [1.165, 1.54) is 0 Å². The lowest BCUT2D eigenvalue weighted by atomic mass is 9.93. The second-order valence-corrected chi connectivity index (χ2v) is 4.48. The third kappa shape index (κ3) is 1.56. The van der Waals surface area contributed by atoms with Crippen LogP contribution < -0.4 is 5.01 Å². The molecule has 1 atom stereocenters. The molecule has 8 nitrogen and oxygen atoms in total. The number of hydrazone groups is 1. The van der Waals surface area contributed by atoms with Crippen LogP contribution >= 0.6 is 0 Å². The number of fused-ring (bicyclic) bond motifs is 3. The normalized spacial score (nSPS) is 22.2. The molecule has 0 saturated heterocycles. The van der Waals surface area contributed by atoms with E-state index in [1.54, 1.807) is 9.69 Å². The maximum Gasteiger partial charge on any atom is 0.493 e. The van der Waals surface area contributed by atoms with E-state index in [4.69, 9.17) is 0 Å². The summed E-state index contributed by atoms with van der Waals surface area (Å²) < 4.78 is 1.67. The fraction of sp³-hybridized carbons (Fsp3) is 0.700. The first kappa shape index (κ1) is 11.1. The number of nitrogens with zero attached hydrogens (tertiary/aromatic N) is 6. The number of hydrogen-bond donors (Lipinski definition) is 0. The average molecular weight is 250 g/mol. The Morgan fingerprint density at radius 1 is 1.50 bits per heavy atom. The predicted octanol–water partition coefficient (Wildman–Crippen LogP) is 1.50. The monoisotopic (exact) mass is 250 g/mol. The maximum absolute atomic E-state index is 10.8. The van der Waals surface area contributed by atoms with Crippen LogP contribution in [0.15, 0.2) is 5.10 Å². The smallest absolute Gasteiger partial charge is 0.390 e. The van der Waals surface area contributed by atoms with Crippen molar-refractivity contribution >= 4 is 17.6 Å². The zero-order valence-corrected chi connectivity index (χ0v) is 10.1. The van der Waals surface area contributed by atoms with Crippen molar-refractivity contribution < 1.29 is 4.92 Å². The van der Waals surface area contributed by atoms with Crippen molar-refractivity contribution in [1.82, 2.24) is 14.8 Å². The van der Waals surface area contributed by atoms with Gasteiger partial charge in [0.2, 0.25) is 0 Å². The van der Waals surface area contributed by atoms with Gasteiger partial charge in [0.15, 0.2) is 0 Å². The highest BCUT2D eigenvalue weighted by Crippen LogP contribution is 2.34. The van der Waals surface area contributed by atoms with E-state index in [1.807, 2.05) is 6.92 Å². The lowest BCUT2D eigenvalue weighted by Gasteiger charge is -2.29. The van der Waals surface area contributed by atoms with Crippen molar-refractivity contribution in [1.29, 1.82) is 0 Å². The van der Waals surface area contributed by atoms with Gasteiger partial charge in [0.1, 0.15) is 6.04 Å². The standard InChI is InChI=1S/C10H14N6O2/c1-2-14-10-11-9(16(17)18)13-15(10)8-6-4-3-5-7(8)12-14/h8H,2-6H2,1H3/t8-/m0/s1. The Balaban J connectivity index is 2.07. The first-order valence-electron chi connectivity index (χ1n) is 6.16. The minimum atomic E-state index is -0.554. The van der Waals surface area contributed by atoms with Crippen LogP contribution in [0, 0.1) is 10.1 Å². The molecule has 3 rings (SSSR count). The molecule has 1 fully saturated rings. The number of hydrogen-bond acceptors (Lipinski definition) is 6. The van der Waals surface area contributed by atoms with E-state index in [2.05, 4.69) is 15.2 Å². The summed E-state index contributed by atoms with van der Waals surface area (Å²) >= 11 is 0. The molecule has 0 unspecified atom stereocenters. The number of nitro groups is 1. The van der Waals surface area contributed by atoms with E-state index in [0.717, 1.165) is 31.4 Å². The highest BCUT2D eigenvalue weighted by Gasteiger charge is 2.37. The molecular weight excluding hydrogens is 236 g/mol. The minimum absolute atomic E-state index is 0.0535. The quantitative estimate of drug-likeness (QED) is 0.586. The van der Waals surface area contributed by atoms with Crippen LogP contribution in [0.2, 0.25) is 0 Å². The Labute approximate surface area is 103 Å². The molecule has 0 bridgehead atoms. The predicted molar refractivity (Wildman–Crippen MR) is 64.6 cm³/mol. The van der Waals surface area contributed by atoms with Crippen molar-refractivity contribution in [3.63, 3.8) is 0 Å². The van der Waals surface area contributed by atoms with Crippen LogP contribution in [0.5, 0.6) is 0 Å². The van der Waals surface area contributed by atoms with E-state index in [9.17, 15) is 10.1 Å². The maximum atomic E-state index is 10.8. The van der Waals surface area contributed by atoms with E-state index >= 15 is 0 Å². The molecule has 1 aromatic rings. The van der Waals surface area contributed by atoms with E-state index < -0.39 is 4.92 Å². The Morgan fingerprint density at radius 3 is 3.06 bits per heavy atom. The van der Waals surface area contributed by atoms with Gasteiger partial charge in [-0.15, -0.1) is 4.68 Å². The molecule has 96 valence electrons. The van der Waals surface area contributed by atoms with Gasteiger partial charge in [0.25, 0.3) is 0 Å². The number of aromatic nitrogens is 3. The second kappa shape index (κ2) is 4.04. The van der Waals surface area contributed by atoms with Gasteiger partial charge in [-0.1, -0.05) is 6.42 Å². The highest BCUT2D eigenvalue weighted by molar-refractivity contribution is 5.90. The van der Waals surface area contributed by atoms with Gasteiger partial charge in [0.05, 0.1) is 5.71 Å². The third-order valence-electron chi connectivity index (χ3n) is 3.39. The Kier molecular flexibility index (Phi) is 2.49. The van der Waals surface area contributed by atoms with Crippen molar-refractivity contribution in [2.45, 2.75) is 38.6 Å². The highest BCUT2D eigenvalue weighted by atomic mass is 16.6. The van der Waals surface area contributed by atoms with Crippen LogP contribution in [0.1, 0.15) is 38.6 Å². The molecule has 18 heavy (non-hydrogen) atoms. The van der Waals surface area contributed by atoms with Crippen molar-refractivity contribution in [3.05, 3.63) is 10.1 Å². The molecule has 0 radical (unpaired) electrons. The van der Waals surface area contributed by atoms with Crippen molar-refractivity contribution in [2.75, 3.05) is 11.6 Å². The van der Waals surface area contributed by atoms with E-state index in [0.29, 0.717) is 12.5 Å². The summed E-state index contributed by atoms with van der Waals surface area (Å²) in [4.78, 5) is 14.2. The number of rotatable bonds is 2. The second-order valence-electron chi connectivity index (χ2n) is 4.48. The summed E-state index contributed by atoms with van der Waals surface area (Å²) in [6.07, 6.45) is 4.10. The van der Waals surface area contributed by atoms with Gasteiger partial charge in [-0.05, 0) is 36.1 Å². The van der Waals surface area contributed by atoms with Gasteiger partial charge in [-0.3, -0.25) is 0 Å². The molecule has 0 aromatic carbocycles. The summed E-state index contributed by atoms with van der Waals surface area (Å²) in [5.41, 5.74) is 1.07. The van der Waals surface area contributed by atoms with Gasteiger partial charge in [0, 0.05) is 11.6 Å². The fourth-order valence-electron chi connectivity index (χ4n) is 2.54. The Morgan fingerprint density at radius 2 is 2.33 bits per heavy atom. The first-order valence-corrected chi connectivity index (χ1v) is 6.16. The van der Waals surface area contributed by atoms with Crippen LogP contribution in [0.4, 0.5) is 11.9 Å². The molecule has 8 heteroatoms. The third-order valence-corrected chi connectivity index (χ3v) is 3.39. The zero-order valence-electron chi connectivity index (χ0n) is 10.1. The van der Waals surface area contributed by atoms with Crippen LogP contribution in [0.25, 0.3) is 0 Å². The zero-order chi connectivity index (χ0) is 12.7. The van der Waals surface area contributed by atoms with Gasteiger partial charge in [-0.25, -0.2) is 5.01 Å². The van der Waals surface area contributed by atoms with Gasteiger partial charge in [-0.2, -0.15) is 5.10 Å². The largest absolute Gasteiger partial charge is 0.493 e. The molecule has 1 aliphatic heterocycles. The molecule has 1 aliphatic carbocycles. The summed E-state index contributed by atoms with van der Waals surface area (Å²) in [6.45, 7) is 2.57.